The Bertz CT molecular complexity index is 654. The number of hydrogen-bond donors (Lipinski definition) is 0. The minimum absolute atomic E-state index is 0.295. The molecule has 3 rings (SSSR count). The second-order valence-electron chi connectivity index (χ2n) is 4.07. The van der Waals surface area contributed by atoms with E-state index < -0.39 is 0 Å². The molecule has 1 aromatic heterocycles. The molecule has 0 radical (unpaired) electrons. The van der Waals surface area contributed by atoms with Crippen molar-refractivity contribution < 1.29 is 8.78 Å². The van der Waals surface area contributed by atoms with Crippen LogP contribution in [0, 0.1) is 11.6 Å². The fourth-order valence-electron chi connectivity index (χ4n) is 2.39. The molecule has 0 saturated carbocycles. The van der Waals surface area contributed by atoms with Gasteiger partial charge in [0.2, 0.25) is 0 Å². The maximum atomic E-state index is 13.3. The minimum Gasteiger partial charge on any atom is -0.341 e. The van der Waals surface area contributed by atoms with Crippen molar-refractivity contribution in [3.05, 3.63) is 48.0 Å². The Labute approximate surface area is 97.3 Å². The molecule has 3 aromatic rings. The molecule has 0 saturated heterocycles. The van der Waals surface area contributed by atoms with E-state index >= 15 is 0 Å². The summed E-state index contributed by atoms with van der Waals surface area (Å²) >= 11 is 0. The van der Waals surface area contributed by atoms with Gasteiger partial charge in [-0.15, -0.1) is 0 Å². The van der Waals surface area contributed by atoms with E-state index in [0.29, 0.717) is 0 Å². The van der Waals surface area contributed by atoms with Crippen LogP contribution in [0.4, 0.5) is 8.78 Å². The molecule has 0 aliphatic heterocycles. The first-order valence-corrected chi connectivity index (χ1v) is 5.57. The summed E-state index contributed by atoms with van der Waals surface area (Å²) in [6.07, 6.45) is 0. The van der Waals surface area contributed by atoms with Crippen molar-refractivity contribution in [2.24, 2.45) is 0 Å². The molecule has 0 fully saturated rings. The third-order valence-corrected chi connectivity index (χ3v) is 3.11. The summed E-state index contributed by atoms with van der Waals surface area (Å²) in [6, 6.07) is 9.28. The molecule has 1 heterocycles. The molecule has 0 bridgehead atoms. The van der Waals surface area contributed by atoms with Crippen LogP contribution in [0.15, 0.2) is 36.4 Å². The predicted octanol–water partition coefficient (Wildman–Crippen LogP) is 4.09. The van der Waals surface area contributed by atoms with Gasteiger partial charge < -0.3 is 4.57 Å². The largest absolute Gasteiger partial charge is 0.341 e. The Morgan fingerprint density at radius 1 is 0.882 bits per heavy atom. The first kappa shape index (κ1) is 10.3. The normalized spacial score (nSPS) is 11.5. The number of rotatable bonds is 1. The number of aryl methyl sites for hydroxylation is 1. The van der Waals surface area contributed by atoms with Gasteiger partial charge in [-0.2, -0.15) is 0 Å². The highest BCUT2D eigenvalue weighted by molar-refractivity contribution is 6.08. The fraction of sp³-hybridized carbons (Fsp3) is 0.143. The molecule has 0 aliphatic rings. The second kappa shape index (κ2) is 3.55. The molecule has 1 nitrogen and oxygen atoms in total. The number of halogens is 2. The van der Waals surface area contributed by atoms with Crippen molar-refractivity contribution in [3.63, 3.8) is 0 Å². The summed E-state index contributed by atoms with van der Waals surface area (Å²) in [5.74, 6) is -0.589. The van der Waals surface area contributed by atoms with Crippen molar-refractivity contribution in [1.29, 1.82) is 0 Å². The first-order valence-electron chi connectivity index (χ1n) is 5.57. The van der Waals surface area contributed by atoms with E-state index in [0.717, 1.165) is 28.4 Å². The summed E-state index contributed by atoms with van der Waals surface area (Å²) in [5, 5.41) is 1.53. The van der Waals surface area contributed by atoms with Gasteiger partial charge in [0.1, 0.15) is 11.6 Å². The maximum Gasteiger partial charge on any atom is 0.123 e. The lowest BCUT2D eigenvalue weighted by molar-refractivity contribution is 0.628. The van der Waals surface area contributed by atoms with E-state index in [1.807, 2.05) is 6.92 Å². The van der Waals surface area contributed by atoms with E-state index in [4.69, 9.17) is 0 Å². The summed E-state index contributed by atoms with van der Waals surface area (Å²) in [4.78, 5) is 0. The third kappa shape index (κ3) is 1.42. The average molecular weight is 231 g/mol. The van der Waals surface area contributed by atoms with Crippen LogP contribution in [0.3, 0.4) is 0 Å². The zero-order valence-corrected chi connectivity index (χ0v) is 9.37. The van der Waals surface area contributed by atoms with Gasteiger partial charge in [0.15, 0.2) is 0 Å². The van der Waals surface area contributed by atoms with E-state index in [9.17, 15) is 8.78 Å². The predicted molar refractivity (Wildman–Crippen MR) is 65.0 cm³/mol. The molecule has 0 spiro atoms. The summed E-state index contributed by atoms with van der Waals surface area (Å²) in [5.41, 5.74) is 1.88. The molecule has 0 atom stereocenters. The fourth-order valence-corrected chi connectivity index (χ4v) is 2.39. The number of fused-ring (bicyclic) bond motifs is 3. The van der Waals surface area contributed by atoms with Gasteiger partial charge in [-0.1, -0.05) is 0 Å². The van der Waals surface area contributed by atoms with Crippen LogP contribution in [0.2, 0.25) is 0 Å². The maximum absolute atomic E-state index is 13.3. The Morgan fingerprint density at radius 3 is 1.76 bits per heavy atom. The van der Waals surface area contributed by atoms with Gasteiger partial charge in [-0.25, -0.2) is 8.78 Å². The van der Waals surface area contributed by atoms with Crippen molar-refractivity contribution in [2.45, 2.75) is 13.5 Å². The molecule has 0 N–H and O–H groups in total. The highest BCUT2D eigenvalue weighted by atomic mass is 19.1. The van der Waals surface area contributed by atoms with E-state index in [2.05, 4.69) is 4.57 Å². The van der Waals surface area contributed by atoms with Crippen LogP contribution in [0.25, 0.3) is 21.8 Å². The van der Waals surface area contributed by atoms with Crippen LogP contribution in [0.5, 0.6) is 0 Å². The molecule has 17 heavy (non-hydrogen) atoms. The SMILES string of the molecule is CCn1c2ccc(F)cc2c2cc(F)ccc21. The first-order chi connectivity index (χ1) is 8.20. The molecule has 0 unspecified atom stereocenters. The zero-order chi connectivity index (χ0) is 12.0. The molecule has 3 heteroatoms. The van der Waals surface area contributed by atoms with Gasteiger partial charge in [-0.3, -0.25) is 0 Å². The van der Waals surface area contributed by atoms with Gasteiger partial charge in [0.05, 0.1) is 0 Å². The van der Waals surface area contributed by atoms with E-state index in [1.165, 1.54) is 24.3 Å². The number of nitrogens with zero attached hydrogens (tertiary/aromatic N) is 1. The molecule has 86 valence electrons. The lowest BCUT2D eigenvalue weighted by atomic mass is 10.1. The topological polar surface area (TPSA) is 4.93 Å². The standard InChI is InChI=1S/C14H11F2N/c1-2-17-13-5-3-9(15)7-11(13)12-8-10(16)4-6-14(12)17/h3-8H,2H2,1H3. The van der Waals surface area contributed by atoms with Gasteiger partial charge in [0.25, 0.3) is 0 Å². The number of hydrogen-bond acceptors (Lipinski definition) is 0. The van der Waals surface area contributed by atoms with Crippen molar-refractivity contribution >= 4 is 21.8 Å². The van der Waals surface area contributed by atoms with Crippen molar-refractivity contribution in [3.8, 4) is 0 Å². The molecule has 0 aliphatic carbocycles. The highest BCUT2D eigenvalue weighted by Gasteiger charge is 2.10. The zero-order valence-electron chi connectivity index (χ0n) is 9.37. The summed E-state index contributed by atoms with van der Waals surface area (Å²) < 4.78 is 28.6. The summed E-state index contributed by atoms with van der Waals surface area (Å²) in [7, 11) is 0. The smallest absolute Gasteiger partial charge is 0.123 e. The van der Waals surface area contributed by atoms with Crippen LogP contribution < -0.4 is 0 Å². The molecule has 0 amide bonds. The number of aromatic nitrogens is 1. The van der Waals surface area contributed by atoms with Gasteiger partial charge in [-0.05, 0) is 43.3 Å². The highest BCUT2D eigenvalue weighted by Crippen LogP contribution is 2.29. The monoisotopic (exact) mass is 231 g/mol. The molecule has 2 aromatic carbocycles. The molecular weight excluding hydrogens is 220 g/mol. The van der Waals surface area contributed by atoms with Crippen LogP contribution in [-0.4, -0.2) is 4.57 Å². The van der Waals surface area contributed by atoms with Crippen molar-refractivity contribution in [2.75, 3.05) is 0 Å². The van der Waals surface area contributed by atoms with Crippen LogP contribution in [0.1, 0.15) is 6.92 Å². The minimum atomic E-state index is -0.295. The van der Waals surface area contributed by atoms with Crippen LogP contribution >= 0.6 is 0 Å². The van der Waals surface area contributed by atoms with Gasteiger partial charge in [0, 0.05) is 28.4 Å². The average Bonchev–Trinajstić information content (AvgIpc) is 2.62. The number of benzene rings is 2. The Kier molecular flexibility index (Phi) is 2.15. The molecular formula is C14H11F2N. The second-order valence-corrected chi connectivity index (χ2v) is 4.07. The Hall–Kier alpha value is -1.90. The Balaban J connectivity index is 2.57. The Morgan fingerprint density at radius 2 is 1.35 bits per heavy atom. The summed E-state index contributed by atoms with van der Waals surface area (Å²) in [6.45, 7) is 2.79. The lowest BCUT2D eigenvalue weighted by Gasteiger charge is -2.02. The van der Waals surface area contributed by atoms with E-state index in [1.54, 1.807) is 12.1 Å². The lowest BCUT2D eigenvalue weighted by Crippen LogP contribution is -1.92. The van der Waals surface area contributed by atoms with E-state index in [-0.39, 0.29) is 11.6 Å². The quantitative estimate of drug-likeness (QED) is 0.594. The third-order valence-electron chi connectivity index (χ3n) is 3.11. The van der Waals surface area contributed by atoms with Gasteiger partial charge >= 0.3 is 0 Å². The van der Waals surface area contributed by atoms with Crippen molar-refractivity contribution in [1.82, 2.24) is 4.57 Å². The van der Waals surface area contributed by atoms with Crippen LogP contribution in [-0.2, 0) is 6.54 Å².